The van der Waals surface area contributed by atoms with Crippen LogP contribution >= 0.6 is 0 Å². The van der Waals surface area contributed by atoms with E-state index >= 15 is 0 Å². The highest BCUT2D eigenvalue weighted by molar-refractivity contribution is 5.98. The first-order chi connectivity index (χ1) is 7.90. The van der Waals surface area contributed by atoms with Gasteiger partial charge in [0.2, 0.25) is 0 Å². The van der Waals surface area contributed by atoms with Crippen LogP contribution < -0.4 is 0 Å². The van der Waals surface area contributed by atoms with Crippen molar-refractivity contribution < 1.29 is 29.3 Å². The number of hydrogen-bond acceptors (Lipinski definition) is 4. The number of ether oxygens (including phenoxy) is 1. The lowest BCUT2D eigenvalue weighted by Crippen LogP contribution is -2.11. The Balaban J connectivity index is 4.36. The van der Waals surface area contributed by atoms with Crippen LogP contribution in [0.1, 0.15) is 19.8 Å². The molecule has 0 aliphatic heterocycles. The SMILES string of the molecule is C=CC(=O)OCCC/C(C(=O)O)=C(\C)C(=O)O. The van der Waals surface area contributed by atoms with Crippen molar-refractivity contribution >= 4 is 17.9 Å². The molecular weight excluding hydrogens is 228 g/mol. The maximum absolute atomic E-state index is 10.8. The van der Waals surface area contributed by atoms with Crippen molar-refractivity contribution in [2.75, 3.05) is 6.61 Å². The van der Waals surface area contributed by atoms with Gasteiger partial charge in [0.25, 0.3) is 0 Å². The third-order valence-electron chi connectivity index (χ3n) is 2.01. The first-order valence-corrected chi connectivity index (χ1v) is 4.85. The zero-order valence-electron chi connectivity index (χ0n) is 9.43. The van der Waals surface area contributed by atoms with Gasteiger partial charge in [-0.05, 0) is 19.8 Å². The van der Waals surface area contributed by atoms with Crippen LogP contribution in [0.2, 0.25) is 0 Å². The molecule has 6 nitrogen and oxygen atoms in total. The van der Waals surface area contributed by atoms with E-state index in [2.05, 4.69) is 11.3 Å². The summed E-state index contributed by atoms with van der Waals surface area (Å²) >= 11 is 0. The fourth-order valence-corrected chi connectivity index (χ4v) is 1.06. The van der Waals surface area contributed by atoms with E-state index in [0.29, 0.717) is 0 Å². The van der Waals surface area contributed by atoms with Gasteiger partial charge in [-0.3, -0.25) is 0 Å². The number of rotatable bonds is 7. The number of aliphatic carboxylic acids is 2. The first kappa shape index (κ1) is 14.9. The van der Waals surface area contributed by atoms with Gasteiger partial charge in [0.15, 0.2) is 0 Å². The summed E-state index contributed by atoms with van der Waals surface area (Å²) in [6, 6.07) is 0. The van der Waals surface area contributed by atoms with Gasteiger partial charge in [-0.25, -0.2) is 14.4 Å². The van der Waals surface area contributed by atoms with E-state index in [0.717, 1.165) is 6.08 Å². The Morgan fingerprint density at radius 1 is 1.24 bits per heavy atom. The second-order valence-electron chi connectivity index (χ2n) is 3.19. The standard InChI is InChI=1S/C11H14O6/c1-3-9(12)17-6-4-5-8(11(15)16)7(2)10(13)14/h3H,1,4-6H2,2H3,(H,13,14)(H,15,16)/b8-7-. The summed E-state index contributed by atoms with van der Waals surface area (Å²) in [4.78, 5) is 32.1. The van der Waals surface area contributed by atoms with Crippen molar-refractivity contribution in [2.45, 2.75) is 19.8 Å². The van der Waals surface area contributed by atoms with Gasteiger partial charge in [0.1, 0.15) is 0 Å². The number of carbonyl (C=O) groups is 3. The van der Waals surface area contributed by atoms with Crippen LogP contribution in [0.15, 0.2) is 23.8 Å². The fourth-order valence-electron chi connectivity index (χ4n) is 1.06. The largest absolute Gasteiger partial charge is 0.478 e. The lowest BCUT2D eigenvalue weighted by molar-refractivity contribution is -0.138. The van der Waals surface area contributed by atoms with Crippen LogP contribution in [0.4, 0.5) is 0 Å². The van der Waals surface area contributed by atoms with Crippen LogP contribution in [0, 0.1) is 0 Å². The molecule has 0 aliphatic carbocycles. The molecule has 0 fully saturated rings. The molecule has 0 aliphatic rings. The monoisotopic (exact) mass is 242 g/mol. The third-order valence-corrected chi connectivity index (χ3v) is 2.01. The highest BCUT2D eigenvalue weighted by Crippen LogP contribution is 2.12. The number of esters is 1. The average Bonchev–Trinajstić information content (AvgIpc) is 2.27. The molecule has 0 aromatic heterocycles. The Labute approximate surface area is 98.2 Å². The van der Waals surface area contributed by atoms with Gasteiger partial charge in [-0.1, -0.05) is 6.58 Å². The number of carboxylic acids is 2. The maximum Gasteiger partial charge on any atom is 0.332 e. The molecule has 0 spiro atoms. The van der Waals surface area contributed by atoms with Crippen LogP contribution in [0.3, 0.4) is 0 Å². The van der Waals surface area contributed by atoms with E-state index in [1.54, 1.807) is 0 Å². The lowest BCUT2D eigenvalue weighted by Gasteiger charge is -2.05. The fraction of sp³-hybridized carbons (Fsp3) is 0.364. The van der Waals surface area contributed by atoms with Crippen LogP contribution in [-0.4, -0.2) is 34.7 Å². The van der Waals surface area contributed by atoms with E-state index < -0.39 is 17.9 Å². The summed E-state index contributed by atoms with van der Waals surface area (Å²) in [6.07, 6.45) is 1.26. The predicted octanol–water partition coefficient (Wildman–Crippen LogP) is 0.982. The minimum atomic E-state index is -1.28. The molecule has 0 saturated heterocycles. The van der Waals surface area contributed by atoms with Crippen LogP contribution in [0.25, 0.3) is 0 Å². The highest BCUT2D eigenvalue weighted by atomic mass is 16.5. The molecule has 6 heteroatoms. The van der Waals surface area contributed by atoms with Gasteiger partial charge in [0.05, 0.1) is 6.61 Å². The molecule has 0 aromatic rings. The van der Waals surface area contributed by atoms with Crippen molar-refractivity contribution in [3.8, 4) is 0 Å². The Morgan fingerprint density at radius 3 is 2.24 bits per heavy atom. The van der Waals surface area contributed by atoms with Crippen molar-refractivity contribution in [1.82, 2.24) is 0 Å². The minimum Gasteiger partial charge on any atom is -0.478 e. The zero-order valence-corrected chi connectivity index (χ0v) is 9.43. The van der Waals surface area contributed by atoms with Gasteiger partial charge < -0.3 is 14.9 Å². The van der Waals surface area contributed by atoms with E-state index in [9.17, 15) is 14.4 Å². The van der Waals surface area contributed by atoms with Crippen LogP contribution in [0.5, 0.6) is 0 Å². The van der Waals surface area contributed by atoms with Gasteiger partial charge >= 0.3 is 17.9 Å². The van der Waals surface area contributed by atoms with Crippen molar-refractivity contribution in [3.05, 3.63) is 23.8 Å². The molecule has 2 N–H and O–H groups in total. The van der Waals surface area contributed by atoms with E-state index in [4.69, 9.17) is 10.2 Å². The summed E-state index contributed by atoms with van der Waals surface area (Å²) in [7, 11) is 0. The summed E-state index contributed by atoms with van der Waals surface area (Å²) in [5, 5.41) is 17.5. The Bertz CT molecular complexity index is 366. The normalized spacial score (nSPS) is 11.4. The van der Waals surface area contributed by atoms with Crippen molar-refractivity contribution in [2.24, 2.45) is 0 Å². The van der Waals surface area contributed by atoms with E-state index in [1.807, 2.05) is 0 Å². The Kier molecular flexibility index (Phi) is 6.32. The summed E-state index contributed by atoms with van der Waals surface area (Å²) in [5.41, 5.74) is -0.403. The molecule has 0 unspecified atom stereocenters. The second-order valence-corrected chi connectivity index (χ2v) is 3.19. The Morgan fingerprint density at radius 2 is 1.82 bits per heavy atom. The van der Waals surface area contributed by atoms with E-state index in [-0.39, 0.29) is 30.6 Å². The number of hydrogen-bond donors (Lipinski definition) is 2. The lowest BCUT2D eigenvalue weighted by atomic mass is 10.0. The third kappa shape index (κ3) is 5.50. The first-order valence-electron chi connectivity index (χ1n) is 4.85. The molecule has 0 atom stereocenters. The highest BCUT2D eigenvalue weighted by Gasteiger charge is 2.15. The minimum absolute atomic E-state index is 0.0224. The summed E-state index contributed by atoms with van der Waals surface area (Å²) < 4.78 is 4.64. The molecular formula is C11H14O6. The molecule has 0 rings (SSSR count). The van der Waals surface area contributed by atoms with Gasteiger partial charge in [-0.2, -0.15) is 0 Å². The smallest absolute Gasteiger partial charge is 0.332 e. The molecule has 0 bridgehead atoms. The van der Waals surface area contributed by atoms with Crippen LogP contribution in [-0.2, 0) is 19.1 Å². The predicted molar refractivity (Wildman–Crippen MR) is 58.4 cm³/mol. The van der Waals surface area contributed by atoms with E-state index in [1.165, 1.54) is 6.92 Å². The number of carbonyl (C=O) groups excluding carboxylic acids is 1. The zero-order chi connectivity index (χ0) is 13.4. The Hall–Kier alpha value is -2.11. The molecule has 0 saturated carbocycles. The number of carboxylic acid groups (broad SMARTS) is 2. The second kappa shape index (κ2) is 7.21. The molecule has 0 heterocycles. The van der Waals surface area contributed by atoms with Crippen molar-refractivity contribution in [1.29, 1.82) is 0 Å². The average molecular weight is 242 g/mol. The molecule has 17 heavy (non-hydrogen) atoms. The maximum atomic E-state index is 10.8. The van der Waals surface area contributed by atoms with Crippen molar-refractivity contribution in [3.63, 3.8) is 0 Å². The molecule has 0 radical (unpaired) electrons. The summed E-state index contributed by atoms with van der Waals surface area (Å²) in [6.45, 7) is 4.44. The topological polar surface area (TPSA) is 101 Å². The molecule has 0 amide bonds. The summed E-state index contributed by atoms with van der Waals surface area (Å²) in [5.74, 6) is -3.15. The van der Waals surface area contributed by atoms with Gasteiger partial charge in [-0.15, -0.1) is 0 Å². The van der Waals surface area contributed by atoms with Gasteiger partial charge in [0, 0.05) is 17.2 Å². The molecule has 0 aromatic carbocycles. The molecule has 94 valence electrons. The quantitative estimate of drug-likeness (QED) is 0.392.